The smallest absolute Gasteiger partial charge is 0.210 e. The topological polar surface area (TPSA) is 62.0 Å². The van der Waals surface area contributed by atoms with Gasteiger partial charge in [0.1, 0.15) is 6.61 Å². The number of hydrogen-bond donors (Lipinski definition) is 2. The van der Waals surface area contributed by atoms with Crippen LogP contribution < -0.4 is 0 Å². The van der Waals surface area contributed by atoms with Crippen molar-refractivity contribution in [3.8, 4) is 0 Å². The van der Waals surface area contributed by atoms with Crippen molar-refractivity contribution < 1.29 is 14.9 Å². The molecule has 0 fully saturated rings. The van der Waals surface area contributed by atoms with Crippen LogP contribution in [0.1, 0.15) is 0 Å². The minimum absolute atomic E-state index is 0.240. The van der Waals surface area contributed by atoms with Crippen LogP contribution in [0.4, 0.5) is 0 Å². The minimum atomic E-state index is -1.23. The van der Waals surface area contributed by atoms with Gasteiger partial charge >= 0.3 is 0 Å². The summed E-state index contributed by atoms with van der Waals surface area (Å²) in [6.45, 7) is 0.279. The number of nitrogens with zero attached hydrogens (tertiary/aromatic N) is 1. The second-order valence-corrected chi connectivity index (χ2v) is 3.04. The molecule has 0 unspecified atom stereocenters. The van der Waals surface area contributed by atoms with E-state index >= 15 is 0 Å². The molecule has 0 aliphatic carbocycles. The average Bonchev–Trinajstić information content (AvgIpc) is 2.55. The Morgan fingerprint density at radius 2 is 2.18 bits per heavy atom. The number of aliphatic hydroxyl groups excluding tert-OH is 2. The minimum Gasteiger partial charge on any atom is -0.478 e. The standard InChI is InChI=1S/C6H10ClNO3/c7-6(3-9,4-10)5-8-1-2-11-5/h9-10H,1-4H2. The normalized spacial score (nSPS) is 17.9. The van der Waals surface area contributed by atoms with Gasteiger partial charge in [0.15, 0.2) is 4.87 Å². The third kappa shape index (κ3) is 1.64. The van der Waals surface area contributed by atoms with E-state index in [2.05, 4.69) is 4.99 Å². The molecule has 0 aromatic heterocycles. The quantitative estimate of drug-likeness (QED) is 0.568. The number of aliphatic hydroxyl groups is 2. The van der Waals surface area contributed by atoms with Gasteiger partial charge in [-0.1, -0.05) is 0 Å². The van der Waals surface area contributed by atoms with E-state index < -0.39 is 4.87 Å². The fraction of sp³-hybridized carbons (Fsp3) is 0.833. The van der Waals surface area contributed by atoms with Gasteiger partial charge in [-0.15, -0.1) is 11.6 Å². The van der Waals surface area contributed by atoms with Gasteiger partial charge in [0, 0.05) is 0 Å². The molecule has 1 rings (SSSR count). The van der Waals surface area contributed by atoms with Gasteiger partial charge < -0.3 is 14.9 Å². The van der Waals surface area contributed by atoms with E-state index in [0.717, 1.165) is 0 Å². The zero-order valence-corrected chi connectivity index (χ0v) is 6.71. The third-order valence-electron chi connectivity index (χ3n) is 1.47. The van der Waals surface area contributed by atoms with E-state index in [-0.39, 0.29) is 19.1 Å². The van der Waals surface area contributed by atoms with E-state index in [4.69, 9.17) is 26.6 Å². The summed E-state index contributed by atoms with van der Waals surface area (Å²) in [5.41, 5.74) is 0. The third-order valence-corrected chi connectivity index (χ3v) is 1.87. The van der Waals surface area contributed by atoms with Crippen molar-refractivity contribution in [3.05, 3.63) is 0 Å². The fourth-order valence-corrected chi connectivity index (χ4v) is 0.906. The molecule has 0 radical (unpaired) electrons. The van der Waals surface area contributed by atoms with E-state index in [9.17, 15) is 0 Å². The number of aliphatic imine (C=N–C) groups is 1. The number of rotatable bonds is 3. The van der Waals surface area contributed by atoms with Crippen LogP contribution in [-0.2, 0) is 4.74 Å². The van der Waals surface area contributed by atoms with Crippen molar-refractivity contribution >= 4 is 17.5 Å². The molecule has 0 aromatic carbocycles. The first kappa shape index (κ1) is 8.77. The largest absolute Gasteiger partial charge is 0.478 e. The Morgan fingerprint density at radius 1 is 1.55 bits per heavy atom. The molecule has 0 bridgehead atoms. The van der Waals surface area contributed by atoms with E-state index in [1.54, 1.807) is 0 Å². The van der Waals surface area contributed by atoms with Crippen LogP contribution in [0.3, 0.4) is 0 Å². The summed E-state index contributed by atoms with van der Waals surface area (Å²) in [5.74, 6) is 0.240. The SMILES string of the molecule is OCC(Cl)(CO)C1=NCCO1. The van der Waals surface area contributed by atoms with E-state index in [1.165, 1.54) is 0 Å². The van der Waals surface area contributed by atoms with Crippen LogP contribution in [0.25, 0.3) is 0 Å². The van der Waals surface area contributed by atoms with E-state index in [1.807, 2.05) is 0 Å². The Labute approximate surface area is 69.5 Å². The second kappa shape index (κ2) is 3.38. The number of ether oxygens (including phenoxy) is 1. The van der Waals surface area contributed by atoms with Crippen molar-refractivity contribution in [1.82, 2.24) is 0 Å². The van der Waals surface area contributed by atoms with Gasteiger partial charge in [-0.05, 0) is 0 Å². The van der Waals surface area contributed by atoms with Gasteiger partial charge in [-0.25, -0.2) is 0 Å². The summed E-state index contributed by atoms with van der Waals surface area (Å²) < 4.78 is 5.00. The van der Waals surface area contributed by atoms with Gasteiger partial charge in [-0.2, -0.15) is 0 Å². The molecule has 0 atom stereocenters. The monoisotopic (exact) mass is 179 g/mol. The molecule has 0 aromatic rings. The molecule has 2 N–H and O–H groups in total. The van der Waals surface area contributed by atoms with Crippen molar-refractivity contribution in [3.63, 3.8) is 0 Å². The van der Waals surface area contributed by atoms with Crippen LogP contribution in [-0.4, -0.2) is 47.4 Å². The second-order valence-electron chi connectivity index (χ2n) is 2.32. The zero-order valence-electron chi connectivity index (χ0n) is 5.96. The molecular weight excluding hydrogens is 170 g/mol. The molecule has 1 aliphatic rings. The molecule has 0 saturated heterocycles. The van der Waals surface area contributed by atoms with Crippen LogP contribution in [0.15, 0.2) is 4.99 Å². The van der Waals surface area contributed by atoms with Crippen molar-refractivity contribution in [1.29, 1.82) is 0 Å². The van der Waals surface area contributed by atoms with Gasteiger partial charge in [0.25, 0.3) is 0 Å². The van der Waals surface area contributed by atoms with Gasteiger partial charge in [0.05, 0.1) is 19.8 Å². The van der Waals surface area contributed by atoms with Crippen molar-refractivity contribution in [2.75, 3.05) is 26.4 Å². The Morgan fingerprint density at radius 3 is 2.55 bits per heavy atom. The van der Waals surface area contributed by atoms with Crippen LogP contribution in [0, 0.1) is 0 Å². The lowest BCUT2D eigenvalue weighted by Gasteiger charge is -2.20. The highest BCUT2D eigenvalue weighted by atomic mass is 35.5. The summed E-state index contributed by atoms with van der Waals surface area (Å²) in [4.78, 5) is 2.67. The summed E-state index contributed by atoms with van der Waals surface area (Å²) in [7, 11) is 0. The average molecular weight is 180 g/mol. The highest BCUT2D eigenvalue weighted by molar-refractivity contribution is 6.35. The highest BCUT2D eigenvalue weighted by Gasteiger charge is 2.35. The summed E-state index contributed by atoms with van der Waals surface area (Å²) in [5, 5.41) is 17.6. The maximum Gasteiger partial charge on any atom is 0.210 e. The number of hydrogen-bond acceptors (Lipinski definition) is 4. The van der Waals surface area contributed by atoms with Crippen molar-refractivity contribution in [2.45, 2.75) is 4.87 Å². The molecule has 1 heterocycles. The first-order valence-corrected chi connectivity index (χ1v) is 3.69. The maximum atomic E-state index is 8.79. The van der Waals surface area contributed by atoms with Crippen LogP contribution >= 0.6 is 11.6 Å². The molecule has 0 spiro atoms. The zero-order chi connectivity index (χ0) is 8.32. The van der Waals surface area contributed by atoms with Gasteiger partial charge in [0.2, 0.25) is 5.90 Å². The lowest BCUT2D eigenvalue weighted by atomic mass is 10.1. The van der Waals surface area contributed by atoms with Crippen LogP contribution in [0.5, 0.6) is 0 Å². The highest BCUT2D eigenvalue weighted by Crippen LogP contribution is 2.19. The van der Waals surface area contributed by atoms with Gasteiger partial charge in [-0.3, -0.25) is 4.99 Å². The molecule has 11 heavy (non-hydrogen) atoms. The molecular formula is C6H10ClNO3. The molecule has 0 saturated carbocycles. The maximum absolute atomic E-state index is 8.79. The lowest BCUT2D eigenvalue weighted by Crippen LogP contribution is -2.40. The number of halogens is 1. The Balaban J connectivity index is 2.67. The first-order chi connectivity index (χ1) is 5.23. The molecule has 1 aliphatic heterocycles. The predicted molar refractivity (Wildman–Crippen MR) is 41.0 cm³/mol. The lowest BCUT2D eigenvalue weighted by molar-refractivity contribution is 0.183. The Kier molecular flexibility index (Phi) is 2.70. The Bertz CT molecular complexity index is 167. The summed E-state index contributed by atoms with van der Waals surface area (Å²) in [6.07, 6.45) is 0. The molecule has 5 heteroatoms. The van der Waals surface area contributed by atoms with E-state index in [0.29, 0.717) is 13.2 Å². The Hall–Kier alpha value is -0.320. The van der Waals surface area contributed by atoms with Crippen LogP contribution in [0.2, 0.25) is 0 Å². The fourth-order valence-electron chi connectivity index (χ4n) is 0.791. The summed E-state index contributed by atoms with van der Waals surface area (Å²) in [6, 6.07) is 0. The number of alkyl halides is 1. The summed E-state index contributed by atoms with van der Waals surface area (Å²) >= 11 is 5.76. The van der Waals surface area contributed by atoms with Crippen molar-refractivity contribution in [2.24, 2.45) is 4.99 Å². The first-order valence-electron chi connectivity index (χ1n) is 3.31. The molecule has 64 valence electrons. The molecule has 4 nitrogen and oxygen atoms in total. The molecule has 0 amide bonds. The predicted octanol–water partition coefficient (Wildman–Crippen LogP) is -0.623.